The fraction of sp³-hybridized carbons (Fsp3) is 0.0308. The Bertz CT molecular complexity index is 9050. The standard InChI is InChI=1S/C46H33BN2.C44H28BN3.C40H29BN2/c1-30-20-24-33(25-21-30)43-37-16-11-18-39-46(37)49(45(43)34-26-22-31(2)23-27-34)42-29-35(32-12-5-3-6-13-32)28-41-44(42)47(39)38-17-9-10-19-40(38)48(41)36-14-7-4-8-15-36;1-3-13-28(14-4-1)41-33-19-11-20-35-44(33)48(43(41)29-15-5-2-6-16-29)40-24-12-21-36-42(40)45(35)34-26-25-30(27-37(34)46-36)47-38-22-9-7-17-31(38)32-18-8-10-23-39(32)47;1-4-14-28(15-5-1)26-27-42-34-23-11-10-21-32(34)41-33-22-12-20-31-37(29-16-6-2-7-17-29)39(30-18-8-3-9-19-30)43(40(31)33)36-25-13-24-35(42)38(36)41/h3-29H,1-2H3;1-27,46H;1-25H,26-27H2. The third kappa shape index (κ3) is 12.5. The van der Waals surface area contributed by atoms with E-state index < -0.39 is 0 Å². The topological polar surface area (TPSA) is 38.2 Å². The normalized spacial score (nSPS) is 12.7. The zero-order valence-corrected chi connectivity index (χ0v) is 77.4. The van der Waals surface area contributed by atoms with E-state index in [1.807, 2.05) is 0 Å². The molecule has 0 spiro atoms. The van der Waals surface area contributed by atoms with Crippen molar-refractivity contribution in [2.75, 3.05) is 21.7 Å². The highest BCUT2D eigenvalue weighted by atomic mass is 15.2. The highest BCUT2D eigenvalue weighted by Gasteiger charge is 2.47. The van der Waals surface area contributed by atoms with Gasteiger partial charge in [-0.3, -0.25) is 0 Å². The van der Waals surface area contributed by atoms with Gasteiger partial charge in [0.1, 0.15) is 0 Å². The van der Waals surface area contributed by atoms with Gasteiger partial charge >= 0.3 is 0 Å². The molecule has 140 heavy (non-hydrogen) atoms. The summed E-state index contributed by atoms with van der Waals surface area (Å²) in [6.45, 7) is 5.63. The van der Waals surface area contributed by atoms with Gasteiger partial charge in [0, 0.05) is 129 Å². The largest absolute Gasteiger partial charge is 0.356 e. The molecule has 20 aromatic carbocycles. The molecule has 0 atom stereocenters. The molecule has 654 valence electrons. The van der Waals surface area contributed by atoms with Crippen molar-refractivity contribution in [1.29, 1.82) is 0 Å². The lowest BCUT2D eigenvalue weighted by atomic mass is 9.33. The third-order valence-corrected chi connectivity index (χ3v) is 30.4. The van der Waals surface area contributed by atoms with Gasteiger partial charge in [0.2, 0.25) is 0 Å². The summed E-state index contributed by atoms with van der Waals surface area (Å²) in [7, 11) is 0. The van der Waals surface area contributed by atoms with E-state index in [9.17, 15) is 0 Å². The zero-order valence-electron chi connectivity index (χ0n) is 77.4. The molecular formula is C130H90B3N7. The Morgan fingerprint density at radius 2 is 0.593 bits per heavy atom. The van der Waals surface area contributed by atoms with Crippen molar-refractivity contribution < 1.29 is 0 Å². The fourth-order valence-corrected chi connectivity index (χ4v) is 24.5. The molecule has 0 unspecified atom stereocenters. The predicted octanol–water partition coefficient (Wildman–Crippen LogP) is 26.3. The lowest BCUT2D eigenvalue weighted by Crippen LogP contribution is -2.61. The minimum atomic E-state index is 0.0915. The van der Waals surface area contributed by atoms with Crippen LogP contribution in [0.4, 0.5) is 39.8 Å². The Morgan fingerprint density at radius 3 is 1.14 bits per heavy atom. The van der Waals surface area contributed by atoms with Crippen molar-refractivity contribution in [3.8, 4) is 101 Å². The van der Waals surface area contributed by atoms with Gasteiger partial charge in [0.05, 0.1) is 28.1 Å². The van der Waals surface area contributed by atoms with E-state index in [0.29, 0.717) is 0 Å². The van der Waals surface area contributed by atoms with Crippen LogP contribution >= 0.6 is 0 Å². The molecule has 0 amide bonds. The van der Waals surface area contributed by atoms with Crippen LogP contribution in [0, 0.1) is 13.8 Å². The minimum absolute atomic E-state index is 0.0915. The number of hydrogen-bond donors (Lipinski definition) is 1. The van der Waals surface area contributed by atoms with E-state index in [1.165, 1.54) is 244 Å². The number of rotatable bonds is 12. The van der Waals surface area contributed by atoms with Crippen LogP contribution in [0.15, 0.2) is 479 Å². The van der Waals surface area contributed by atoms with Gasteiger partial charge in [-0.2, -0.15) is 0 Å². The summed E-state index contributed by atoms with van der Waals surface area (Å²) in [4.78, 5) is 5.05. The molecular weight excluding hydrogens is 1690 g/mol. The highest BCUT2D eigenvalue weighted by Crippen LogP contribution is 2.52. The van der Waals surface area contributed by atoms with Crippen LogP contribution in [0.5, 0.6) is 0 Å². The maximum absolute atomic E-state index is 3.91. The molecule has 6 aliphatic heterocycles. The first kappa shape index (κ1) is 80.8. The third-order valence-electron chi connectivity index (χ3n) is 30.4. The number of benzene rings is 20. The van der Waals surface area contributed by atoms with Crippen LogP contribution in [0.25, 0.3) is 156 Å². The molecule has 10 heteroatoms. The minimum Gasteiger partial charge on any atom is -0.356 e. The van der Waals surface area contributed by atoms with E-state index in [2.05, 4.69) is 526 Å². The first-order valence-electron chi connectivity index (χ1n) is 49.0. The van der Waals surface area contributed by atoms with Crippen molar-refractivity contribution in [3.05, 3.63) is 496 Å². The molecule has 1 N–H and O–H groups in total. The van der Waals surface area contributed by atoms with Crippen LogP contribution < -0.4 is 64.3 Å². The second-order valence-electron chi connectivity index (χ2n) is 38.1. The Balaban J connectivity index is 0.000000103. The summed E-state index contributed by atoms with van der Waals surface area (Å²) < 4.78 is 10.1. The molecule has 6 aliphatic rings. The molecule has 0 bridgehead atoms. The maximum Gasteiger partial charge on any atom is 0.252 e. The van der Waals surface area contributed by atoms with Gasteiger partial charge in [-0.25, -0.2) is 0 Å². The smallest absolute Gasteiger partial charge is 0.252 e. The molecule has 30 rings (SSSR count). The Labute approximate surface area is 815 Å². The Kier molecular flexibility index (Phi) is 18.8. The SMILES string of the molecule is Cc1ccc(-c2c(-c3ccc(C)cc3)n3c4c(cccc24)B2c4ccccc4N(c4ccccc4)c4cc(-c5ccccc5)cc-3c42)cc1.c1ccc(-c2c(-c3ccccc3)n3c4c(cccc24)B2c4ccc(-n5c6ccccc6c6ccccc65)cc4Nc4cccc-3c42)cc1.c1ccc(CCN2c3ccccc3B3c4c2cccc4-n2c(-c4ccccc4)c(-c4ccccc4)c4cccc3c42)cc1. The predicted molar refractivity (Wildman–Crippen MR) is 594 cm³/mol. The van der Waals surface area contributed by atoms with E-state index in [1.54, 1.807) is 0 Å². The Hall–Kier alpha value is -17.6. The van der Waals surface area contributed by atoms with E-state index in [0.717, 1.165) is 30.0 Å². The van der Waals surface area contributed by atoms with E-state index >= 15 is 0 Å². The van der Waals surface area contributed by atoms with Crippen molar-refractivity contribution in [1.82, 2.24) is 18.3 Å². The first-order chi connectivity index (χ1) is 69.4. The number of anilines is 7. The molecule has 7 nitrogen and oxygen atoms in total. The number of aromatic nitrogens is 4. The molecule has 0 radical (unpaired) electrons. The van der Waals surface area contributed by atoms with Crippen LogP contribution in [0.2, 0.25) is 0 Å². The second-order valence-corrected chi connectivity index (χ2v) is 38.1. The summed E-state index contributed by atoms with van der Waals surface area (Å²) in [5.74, 6) is 0. The van der Waals surface area contributed by atoms with E-state index in [4.69, 9.17) is 0 Å². The average Bonchev–Trinajstić information content (AvgIpc) is 1.49. The van der Waals surface area contributed by atoms with Gasteiger partial charge in [-0.15, -0.1) is 0 Å². The number of fused-ring (bicyclic) bond motifs is 15. The van der Waals surface area contributed by atoms with Crippen molar-refractivity contribution >= 4 is 164 Å². The van der Waals surface area contributed by atoms with Crippen LogP contribution in [0.3, 0.4) is 0 Å². The zero-order chi connectivity index (χ0) is 92.3. The number of hydrogen-bond acceptors (Lipinski definition) is 3. The summed E-state index contributed by atoms with van der Waals surface area (Å²) in [5.41, 5.74) is 53.4. The summed E-state index contributed by atoms with van der Waals surface area (Å²) in [6.07, 6.45) is 0.987. The summed E-state index contributed by atoms with van der Waals surface area (Å²) >= 11 is 0. The van der Waals surface area contributed by atoms with Gasteiger partial charge in [-0.05, 0) is 204 Å². The number of aryl methyl sites for hydroxylation is 2. The average molecular weight is 1780 g/mol. The van der Waals surface area contributed by atoms with Crippen molar-refractivity contribution in [3.63, 3.8) is 0 Å². The lowest BCUT2D eigenvalue weighted by Gasteiger charge is -2.40. The van der Waals surface area contributed by atoms with Gasteiger partial charge in [0.15, 0.2) is 0 Å². The molecule has 0 aliphatic carbocycles. The van der Waals surface area contributed by atoms with Crippen molar-refractivity contribution in [2.24, 2.45) is 0 Å². The van der Waals surface area contributed by atoms with Crippen LogP contribution in [0.1, 0.15) is 16.7 Å². The molecule has 24 aromatic rings. The van der Waals surface area contributed by atoms with Crippen molar-refractivity contribution in [2.45, 2.75) is 20.3 Å². The second kappa shape index (κ2) is 32.6. The van der Waals surface area contributed by atoms with Gasteiger partial charge in [-0.1, -0.05) is 405 Å². The quantitative estimate of drug-likeness (QED) is 0.124. The summed E-state index contributed by atoms with van der Waals surface area (Å²) in [6, 6.07) is 176. The maximum atomic E-state index is 3.91. The highest BCUT2D eigenvalue weighted by molar-refractivity contribution is 7.02. The van der Waals surface area contributed by atoms with Gasteiger partial charge in [0.25, 0.3) is 20.1 Å². The number of nitrogens with zero attached hydrogens (tertiary/aromatic N) is 6. The molecule has 0 saturated heterocycles. The first-order valence-corrected chi connectivity index (χ1v) is 49.0. The Morgan fingerprint density at radius 1 is 0.221 bits per heavy atom. The molecule has 10 heterocycles. The lowest BCUT2D eigenvalue weighted by molar-refractivity contribution is 0.915. The van der Waals surface area contributed by atoms with Crippen LogP contribution in [-0.4, -0.2) is 45.0 Å². The fourth-order valence-electron chi connectivity index (χ4n) is 24.5. The van der Waals surface area contributed by atoms with Gasteiger partial charge < -0.3 is 33.4 Å². The van der Waals surface area contributed by atoms with E-state index in [-0.39, 0.29) is 20.1 Å². The molecule has 4 aromatic heterocycles. The molecule has 0 fully saturated rings. The van der Waals surface area contributed by atoms with Crippen LogP contribution in [-0.2, 0) is 6.42 Å². The molecule has 0 saturated carbocycles. The summed E-state index contributed by atoms with van der Waals surface area (Å²) in [5, 5.41) is 10.3. The number of para-hydroxylation sites is 8. The number of nitrogens with one attached hydrogen (secondary N) is 1. The monoisotopic (exact) mass is 1780 g/mol.